The molecule has 0 aromatic heterocycles. The third kappa shape index (κ3) is 4.68. The molecule has 1 atom stereocenters. The molecule has 27 heavy (non-hydrogen) atoms. The molecule has 3 heteroatoms. The minimum absolute atomic E-state index is 0.0972. The molecule has 3 aromatic carbocycles. The molecule has 3 nitrogen and oxygen atoms in total. The average Bonchev–Trinajstić information content (AvgIpc) is 2.65. The van der Waals surface area contributed by atoms with Crippen molar-refractivity contribution in [1.29, 1.82) is 0 Å². The van der Waals surface area contributed by atoms with Crippen LogP contribution in [0.4, 0.5) is 0 Å². The first-order valence-electron chi connectivity index (χ1n) is 9.36. The topological polar surface area (TPSA) is 38.3 Å². The van der Waals surface area contributed by atoms with Crippen molar-refractivity contribution in [3.63, 3.8) is 0 Å². The number of amides is 1. The summed E-state index contributed by atoms with van der Waals surface area (Å²) < 4.78 is 5.81. The number of hydrogen-bond acceptors (Lipinski definition) is 2. The highest BCUT2D eigenvalue weighted by Crippen LogP contribution is 2.24. The van der Waals surface area contributed by atoms with E-state index in [4.69, 9.17) is 4.74 Å². The summed E-state index contributed by atoms with van der Waals surface area (Å²) in [5.74, 6) is 0.582. The zero-order valence-corrected chi connectivity index (χ0v) is 16.5. The van der Waals surface area contributed by atoms with Gasteiger partial charge < -0.3 is 10.1 Å². The van der Waals surface area contributed by atoms with Crippen LogP contribution in [-0.4, -0.2) is 12.0 Å². The Hall–Kier alpha value is -2.81. The molecule has 0 aliphatic heterocycles. The van der Waals surface area contributed by atoms with Gasteiger partial charge in [-0.2, -0.15) is 0 Å². The van der Waals surface area contributed by atoms with Crippen molar-refractivity contribution in [2.24, 2.45) is 0 Å². The quantitative estimate of drug-likeness (QED) is 0.676. The molecule has 1 amide bonds. The molecule has 3 aromatic rings. The van der Waals surface area contributed by atoms with E-state index in [1.807, 2.05) is 36.4 Å². The van der Waals surface area contributed by atoms with Gasteiger partial charge in [0.2, 0.25) is 0 Å². The number of benzene rings is 3. The first-order valence-corrected chi connectivity index (χ1v) is 9.36. The van der Waals surface area contributed by atoms with Crippen molar-refractivity contribution in [3.8, 4) is 5.75 Å². The van der Waals surface area contributed by atoms with Gasteiger partial charge in [0.15, 0.2) is 6.10 Å². The standard InChI is InChI=1S/C24H27NO2/c1-17(27-21-14-12-20(13-15-21)24(2,3)4)23(26)25-16-19-10-7-9-18-8-5-6-11-22(18)19/h5-15,17H,16H2,1-4H3,(H,25,26). The Morgan fingerprint density at radius 1 is 0.963 bits per heavy atom. The Morgan fingerprint density at radius 3 is 2.33 bits per heavy atom. The van der Waals surface area contributed by atoms with E-state index in [1.54, 1.807) is 6.92 Å². The van der Waals surface area contributed by atoms with Crippen LogP contribution in [0.1, 0.15) is 38.8 Å². The second-order valence-electron chi connectivity index (χ2n) is 7.89. The van der Waals surface area contributed by atoms with Crippen molar-refractivity contribution < 1.29 is 9.53 Å². The molecule has 0 saturated heterocycles. The molecule has 0 aliphatic rings. The van der Waals surface area contributed by atoms with Crippen molar-refractivity contribution >= 4 is 16.7 Å². The van der Waals surface area contributed by atoms with Gasteiger partial charge in [0.25, 0.3) is 5.91 Å². The molecule has 0 heterocycles. The van der Waals surface area contributed by atoms with E-state index in [2.05, 4.69) is 56.4 Å². The van der Waals surface area contributed by atoms with Gasteiger partial charge in [0, 0.05) is 6.54 Å². The third-order valence-electron chi connectivity index (χ3n) is 4.74. The number of fused-ring (bicyclic) bond motifs is 1. The fraction of sp³-hybridized carbons (Fsp3) is 0.292. The lowest BCUT2D eigenvalue weighted by Crippen LogP contribution is -2.35. The van der Waals surface area contributed by atoms with E-state index < -0.39 is 6.10 Å². The lowest BCUT2D eigenvalue weighted by molar-refractivity contribution is -0.127. The van der Waals surface area contributed by atoms with Crippen LogP contribution in [0.3, 0.4) is 0 Å². The average molecular weight is 361 g/mol. The predicted octanol–water partition coefficient (Wildman–Crippen LogP) is 5.22. The van der Waals surface area contributed by atoms with Gasteiger partial charge in [-0.05, 0) is 46.4 Å². The fourth-order valence-electron chi connectivity index (χ4n) is 3.06. The van der Waals surface area contributed by atoms with E-state index in [1.165, 1.54) is 10.9 Å². The molecular weight excluding hydrogens is 334 g/mol. The summed E-state index contributed by atoms with van der Waals surface area (Å²) in [6, 6.07) is 22.3. The van der Waals surface area contributed by atoms with E-state index >= 15 is 0 Å². The highest BCUT2D eigenvalue weighted by molar-refractivity contribution is 5.86. The van der Waals surface area contributed by atoms with Crippen LogP contribution >= 0.6 is 0 Å². The number of ether oxygens (including phenoxy) is 1. The molecule has 0 fully saturated rings. The molecule has 0 bridgehead atoms. The summed E-state index contributed by atoms with van der Waals surface area (Å²) >= 11 is 0. The Bertz CT molecular complexity index is 918. The third-order valence-corrected chi connectivity index (χ3v) is 4.74. The summed E-state index contributed by atoms with van der Waals surface area (Å²) in [5, 5.41) is 5.32. The van der Waals surface area contributed by atoms with Crippen LogP contribution in [0.2, 0.25) is 0 Å². The minimum atomic E-state index is -0.555. The summed E-state index contributed by atoms with van der Waals surface area (Å²) in [4.78, 5) is 12.4. The smallest absolute Gasteiger partial charge is 0.261 e. The summed E-state index contributed by atoms with van der Waals surface area (Å²) in [5.41, 5.74) is 2.44. The van der Waals surface area contributed by atoms with Gasteiger partial charge >= 0.3 is 0 Å². The molecule has 140 valence electrons. The minimum Gasteiger partial charge on any atom is -0.481 e. The van der Waals surface area contributed by atoms with Gasteiger partial charge in [0.05, 0.1) is 0 Å². The zero-order valence-electron chi connectivity index (χ0n) is 16.5. The largest absolute Gasteiger partial charge is 0.481 e. The van der Waals surface area contributed by atoms with Crippen molar-refractivity contribution in [2.75, 3.05) is 0 Å². The predicted molar refractivity (Wildman–Crippen MR) is 111 cm³/mol. The molecular formula is C24H27NO2. The molecule has 1 N–H and O–H groups in total. The van der Waals surface area contributed by atoms with Gasteiger partial charge in [0.1, 0.15) is 5.75 Å². The van der Waals surface area contributed by atoms with E-state index in [0.29, 0.717) is 12.3 Å². The van der Waals surface area contributed by atoms with Gasteiger partial charge in [-0.3, -0.25) is 4.79 Å². The first kappa shape index (κ1) is 19.0. The van der Waals surface area contributed by atoms with E-state index in [9.17, 15) is 4.79 Å². The number of nitrogens with one attached hydrogen (secondary N) is 1. The summed E-state index contributed by atoms with van der Waals surface area (Å²) in [6.45, 7) is 8.78. The van der Waals surface area contributed by atoms with Crippen LogP contribution in [-0.2, 0) is 16.8 Å². The molecule has 0 aliphatic carbocycles. The maximum absolute atomic E-state index is 12.4. The summed E-state index contributed by atoms with van der Waals surface area (Å²) in [6.07, 6.45) is -0.555. The van der Waals surface area contributed by atoms with Crippen LogP contribution in [0.25, 0.3) is 10.8 Å². The van der Waals surface area contributed by atoms with Crippen LogP contribution in [0.15, 0.2) is 66.7 Å². The SMILES string of the molecule is CC(Oc1ccc(C(C)(C)C)cc1)C(=O)NCc1cccc2ccccc12. The second kappa shape index (κ2) is 7.83. The Labute approximate surface area is 161 Å². The van der Waals surface area contributed by atoms with Gasteiger partial charge in [-0.15, -0.1) is 0 Å². The molecule has 0 radical (unpaired) electrons. The molecule has 1 unspecified atom stereocenters. The first-order chi connectivity index (χ1) is 12.8. The van der Waals surface area contributed by atoms with Crippen molar-refractivity contribution in [1.82, 2.24) is 5.32 Å². The summed E-state index contributed by atoms with van der Waals surface area (Å²) in [7, 11) is 0. The number of carbonyl (C=O) groups excluding carboxylic acids is 1. The van der Waals surface area contributed by atoms with Crippen molar-refractivity contribution in [2.45, 2.75) is 45.8 Å². The molecule has 3 rings (SSSR count). The van der Waals surface area contributed by atoms with Crippen LogP contribution in [0, 0.1) is 0 Å². The Morgan fingerprint density at radius 2 is 1.63 bits per heavy atom. The lowest BCUT2D eigenvalue weighted by atomic mass is 9.87. The normalized spacial score (nSPS) is 12.6. The lowest BCUT2D eigenvalue weighted by Gasteiger charge is -2.20. The highest BCUT2D eigenvalue weighted by atomic mass is 16.5. The van der Waals surface area contributed by atoms with Crippen LogP contribution < -0.4 is 10.1 Å². The molecule has 0 spiro atoms. The maximum Gasteiger partial charge on any atom is 0.261 e. The van der Waals surface area contributed by atoms with Gasteiger partial charge in [-0.1, -0.05) is 75.4 Å². The number of carbonyl (C=O) groups is 1. The fourth-order valence-corrected chi connectivity index (χ4v) is 3.06. The number of rotatable bonds is 5. The Kier molecular flexibility index (Phi) is 5.50. The zero-order chi connectivity index (χ0) is 19.4. The highest BCUT2D eigenvalue weighted by Gasteiger charge is 2.16. The maximum atomic E-state index is 12.4. The van der Waals surface area contributed by atoms with E-state index in [0.717, 1.165) is 10.9 Å². The monoisotopic (exact) mass is 361 g/mol. The number of hydrogen-bond donors (Lipinski definition) is 1. The van der Waals surface area contributed by atoms with E-state index in [-0.39, 0.29) is 11.3 Å². The molecule has 0 saturated carbocycles. The second-order valence-corrected chi connectivity index (χ2v) is 7.89. The Balaban J connectivity index is 1.61. The van der Waals surface area contributed by atoms with Gasteiger partial charge in [-0.25, -0.2) is 0 Å². The van der Waals surface area contributed by atoms with Crippen LogP contribution in [0.5, 0.6) is 5.75 Å². The van der Waals surface area contributed by atoms with Crippen molar-refractivity contribution in [3.05, 3.63) is 77.9 Å².